The van der Waals surface area contributed by atoms with E-state index in [2.05, 4.69) is 10.6 Å². The van der Waals surface area contributed by atoms with E-state index in [-0.39, 0.29) is 29.3 Å². The van der Waals surface area contributed by atoms with Crippen LogP contribution in [0.5, 0.6) is 11.5 Å². The van der Waals surface area contributed by atoms with E-state index in [1.54, 1.807) is 7.11 Å². The topological polar surface area (TPSA) is 96.6 Å². The second-order valence-electron chi connectivity index (χ2n) is 9.05. The fraction of sp³-hybridized carbons (Fsp3) is 0.458. The minimum atomic E-state index is -0.337. The zero-order chi connectivity index (χ0) is 21.9. The number of nitrogens with two attached hydrogens (primary N) is 1. The van der Waals surface area contributed by atoms with Gasteiger partial charge in [-0.25, -0.2) is 4.79 Å². The van der Waals surface area contributed by atoms with Crippen LogP contribution in [0.25, 0.3) is 11.1 Å². The molecule has 2 aromatic rings. The minimum Gasteiger partial charge on any atom is -0.505 e. The number of urea groups is 1. The Morgan fingerprint density at radius 3 is 2.33 bits per heavy atom. The lowest BCUT2D eigenvalue weighted by molar-refractivity contribution is 0.242. The van der Waals surface area contributed by atoms with Gasteiger partial charge in [0.05, 0.1) is 18.4 Å². The van der Waals surface area contributed by atoms with Crippen LogP contribution < -0.4 is 21.1 Å². The number of anilines is 1. The number of amides is 2. The van der Waals surface area contributed by atoms with Crippen LogP contribution in [0, 0.1) is 0 Å². The first-order valence-electron chi connectivity index (χ1n) is 10.5. The number of methoxy groups -OCH3 is 1. The van der Waals surface area contributed by atoms with Crippen LogP contribution in [0.15, 0.2) is 36.4 Å². The van der Waals surface area contributed by atoms with Crippen LogP contribution in [-0.2, 0) is 5.41 Å². The van der Waals surface area contributed by atoms with Gasteiger partial charge in [0, 0.05) is 17.6 Å². The van der Waals surface area contributed by atoms with Gasteiger partial charge in [-0.15, -0.1) is 0 Å². The van der Waals surface area contributed by atoms with E-state index >= 15 is 0 Å². The van der Waals surface area contributed by atoms with Crippen LogP contribution >= 0.6 is 0 Å². The molecule has 0 aliphatic heterocycles. The Balaban J connectivity index is 2.00. The van der Waals surface area contributed by atoms with Gasteiger partial charge in [0.25, 0.3) is 0 Å². The molecule has 3 rings (SSSR count). The first-order valence-corrected chi connectivity index (χ1v) is 10.5. The molecule has 1 aliphatic carbocycles. The zero-order valence-electron chi connectivity index (χ0n) is 18.3. The predicted octanol–water partition coefficient (Wildman–Crippen LogP) is 4.76. The van der Waals surface area contributed by atoms with Gasteiger partial charge in [-0.1, -0.05) is 51.1 Å². The van der Waals surface area contributed by atoms with Crippen molar-refractivity contribution < 1.29 is 14.6 Å². The number of ether oxygens (including phenoxy) is 1. The molecule has 2 amide bonds. The first-order chi connectivity index (χ1) is 14.2. The summed E-state index contributed by atoms with van der Waals surface area (Å²) in [7, 11) is 1.60. The third kappa shape index (κ3) is 4.87. The van der Waals surface area contributed by atoms with Crippen LogP contribution in [0.4, 0.5) is 10.5 Å². The van der Waals surface area contributed by atoms with Crippen LogP contribution in [0.3, 0.4) is 0 Å². The molecule has 2 aromatic carbocycles. The van der Waals surface area contributed by atoms with Crippen LogP contribution in [0.2, 0.25) is 0 Å². The maximum atomic E-state index is 12.9. The average molecular weight is 412 g/mol. The maximum Gasteiger partial charge on any atom is 0.319 e. The monoisotopic (exact) mass is 411 g/mol. The van der Waals surface area contributed by atoms with Crippen molar-refractivity contribution in [1.82, 2.24) is 5.32 Å². The van der Waals surface area contributed by atoms with Crippen LogP contribution in [-0.4, -0.2) is 30.3 Å². The lowest BCUT2D eigenvalue weighted by Gasteiger charge is -2.28. The Hall–Kier alpha value is -2.73. The number of hydrogen-bond acceptors (Lipinski definition) is 4. The molecule has 1 fully saturated rings. The second kappa shape index (κ2) is 8.96. The molecule has 0 unspecified atom stereocenters. The lowest BCUT2D eigenvalue weighted by atomic mass is 9.84. The highest BCUT2D eigenvalue weighted by Gasteiger charge is 2.28. The van der Waals surface area contributed by atoms with Gasteiger partial charge in [-0.2, -0.15) is 0 Å². The van der Waals surface area contributed by atoms with E-state index in [9.17, 15) is 9.90 Å². The summed E-state index contributed by atoms with van der Waals surface area (Å²) in [5.74, 6) is 0.658. The molecule has 0 bridgehead atoms. The number of benzene rings is 2. The molecule has 1 saturated carbocycles. The summed E-state index contributed by atoms with van der Waals surface area (Å²) in [6, 6.07) is 11.4. The van der Waals surface area contributed by atoms with Gasteiger partial charge in [-0.3, -0.25) is 0 Å². The van der Waals surface area contributed by atoms with E-state index in [1.165, 1.54) is 0 Å². The molecule has 6 heteroatoms. The molecule has 0 saturated heterocycles. The smallest absolute Gasteiger partial charge is 0.319 e. The normalized spacial score (nSPS) is 19.2. The molecule has 1 aliphatic rings. The molecule has 0 atom stereocenters. The number of phenols is 1. The summed E-state index contributed by atoms with van der Waals surface area (Å²) in [5.41, 5.74) is 8.21. The largest absolute Gasteiger partial charge is 0.505 e. The van der Waals surface area contributed by atoms with Crippen molar-refractivity contribution in [2.75, 3.05) is 12.4 Å². The number of hydrogen-bond donors (Lipinski definition) is 4. The third-order valence-electron chi connectivity index (χ3n) is 5.70. The molecular weight excluding hydrogens is 378 g/mol. The van der Waals surface area contributed by atoms with E-state index in [4.69, 9.17) is 10.5 Å². The Kier molecular flexibility index (Phi) is 6.56. The number of nitrogens with one attached hydrogen (secondary N) is 2. The highest BCUT2D eigenvalue weighted by molar-refractivity contribution is 5.99. The standard InChI is InChI=1S/C24H33N3O3/c1-24(2,3)18-14-19(30-4)20(15-8-6-5-7-9-15)21(22(18)28)27-23(29)26-17-12-10-16(25)11-13-17/h5-9,14,16-17,28H,10-13,25H2,1-4H3,(H2,26,27,29). The van der Waals surface area contributed by atoms with E-state index in [1.807, 2.05) is 57.2 Å². The Morgan fingerprint density at radius 2 is 1.77 bits per heavy atom. The molecule has 162 valence electrons. The summed E-state index contributed by atoms with van der Waals surface area (Å²) in [6.07, 6.45) is 3.52. The van der Waals surface area contributed by atoms with Gasteiger partial charge in [0.15, 0.2) is 0 Å². The van der Waals surface area contributed by atoms with E-state index in [0.29, 0.717) is 22.6 Å². The van der Waals surface area contributed by atoms with E-state index in [0.717, 1.165) is 31.2 Å². The number of aromatic hydroxyl groups is 1. The molecule has 0 heterocycles. The van der Waals surface area contributed by atoms with E-state index < -0.39 is 0 Å². The van der Waals surface area contributed by atoms with Gasteiger partial charge in [0.1, 0.15) is 11.5 Å². The van der Waals surface area contributed by atoms with Gasteiger partial charge in [-0.05, 0) is 42.7 Å². The summed E-state index contributed by atoms with van der Waals surface area (Å²) in [5, 5.41) is 17.1. The van der Waals surface area contributed by atoms with Gasteiger partial charge >= 0.3 is 6.03 Å². The van der Waals surface area contributed by atoms with Crippen molar-refractivity contribution >= 4 is 11.7 Å². The molecule has 6 nitrogen and oxygen atoms in total. The quantitative estimate of drug-likeness (QED) is 0.546. The third-order valence-corrected chi connectivity index (χ3v) is 5.70. The lowest BCUT2D eigenvalue weighted by Crippen LogP contribution is -2.42. The first kappa shape index (κ1) is 22.0. The Morgan fingerprint density at radius 1 is 1.13 bits per heavy atom. The van der Waals surface area contributed by atoms with Crippen molar-refractivity contribution in [3.05, 3.63) is 42.0 Å². The highest BCUT2D eigenvalue weighted by atomic mass is 16.5. The maximum absolute atomic E-state index is 12.9. The van der Waals surface area contributed by atoms with Crippen molar-refractivity contribution in [2.24, 2.45) is 5.73 Å². The average Bonchev–Trinajstić information content (AvgIpc) is 2.70. The van der Waals surface area contributed by atoms with Crippen molar-refractivity contribution in [1.29, 1.82) is 0 Å². The summed E-state index contributed by atoms with van der Waals surface area (Å²) in [6.45, 7) is 6.04. The summed E-state index contributed by atoms with van der Waals surface area (Å²) >= 11 is 0. The molecule has 5 N–H and O–H groups in total. The fourth-order valence-electron chi connectivity index (χ4n) is 3.99. The Bertz CT molecular complexity index is 883. The molecular formula is C24H33N3O3. The number of rotatable bonds is 4. The predicted molar refractivity (Wildman–Crippen MR) is 121 cm³/mol. The number of carbonyl (C=O) groups is 1. The summed E-state index contributed by atoms with van der Waals surface area (Å²) < 4.78 is 5.68. The van der Waals surface area contributed by atoms with Gasteiger partial charge in [0.2, 0.25) is 0 Å². The molecule has 0 radical (unpaired) electrons. The molecule has 0 aromatic heterocycles. The molecule has 30 heavy (non-hydrogen) atoms. The molecule has 0 spiro atoms. The number of carbonyl (C=O) groups excluding carboxylic acids is 1. The van der Waals surface area contributed by atoms with Crippen molar-refractivity contribution in [3.63, 3.8) is 0 Å². The SMILES string of the molecule is COc1cc(C(C)(C)C)c(O)c(NC(=O)NC2CCC(N)CC2)c1-c1ccccc1. The van der Waals surface area contributed by atoms with Gasteiger partial charge < -0.3 is 26.2 Å². The second-order valence-corrected chi connectivity index (χ2v) is 9.05. The summed E-state index contributed by atoms with van der Waals surface area (Å²) in [4.78, 5) is 12.9. The van der Waals surface area contributed by atoms with Crippen LogP contribution in [0.1, 0.15) is 52.0 Å². The van der Waals surface area contributed by atoms with Crippen molar-refractivity contribution in [2.45, 2.75) is 64.0 Å². The highest BCUT2D eigenvalue weighted by Crippen LogP contribution is 2.47. The fourth-order valence-corrected chi connectivity index (χ4v) is 3.99. The Labute approximate surface area is 178 Å². The minimum absolute atomic E-state index is 0.0583. The number of phenolic OH excluding ortho intramolecular Hbond substituents is 1. The van der Waals surface area contributed by atoms with Crippen molar-refractivity contribution in [3.8, 4) is 22.6 Å². The zero-order valence-corrected chi connectivity index (χ0v) is 18.3.